The summed E-state index contributed by atoms with van der Waals surface area (Å²) >= 11 is 13.1. The highest BCUT2D eigenvalue weighted by Crippen LogP contribution is 2.36. The fourth-order valence-corrected chi connectivity index (χ4v) is 4.94. The molecule has 1 aromatic heterocycles. The highest BCUT2D eigenvalue weighted by Gasteiger charge is 2.25. The molecule has 112 valence electrons. The maximum Gasteiger partial charge on any atom is 0.226 e. The SMILES string of the molecule is O=S(=O)(c1ccccc1)c1nc(-c2ccc(Cl)cc2)sc1Cl. The van der Waals surface area contributed by atoms with Gasteiger partial charge in [-0.15, -0.1) is 11.3 Å². The van der Waals surface area contributed by atoms with E-state index in [-0.39, 0.29) is 14.3 Å². The van der Waals surface area contributed by atoms with E-state index in [1.165, 1.54) is 12.1 Å². The van der Waals surface area contributed by atoms with Crippen LogP contribution in [0.3, 0.4) is 0 Å². The fourth-order valence-electron chi connectivity index (χ4n) is 1.88. The van der Waals surface area contributed by atoms with Crippen LogP contribution in [0.2, 0.25) is 9.36 Å². The first kappa shape index (κ1) is 15.5. The molecule has 0 amide bonds. The predicted molar refractivity (Wildman–Crippen MR) is 89.5 cm³/mol. The average Bonchev–Trinajstić information content (AvgIpc) is 2.91. The fraction of sp³-hybridized carbons (Fsp3) is 0. The Hall–Kier alpha value is -1.40. The first-order valence-electron chi connectivity index (χ1n) is 6.21. The third-order valence-electron chi connectivity index (χ3n) is 2.96. The Balaban J connectivity index is 2.08. The van der Waals surface area contributed by atoms with Crippen LogP contribution in [0.1, 0.15) is 0 Å². The molecule has 0 radical (unpaired) electrons. The van der Waals surface area contributed by atoms with E-state index in [9.17, 15) is 8.42 Å². The second-order valence-corrected chi connectivity index (χ2v) is 8.32. The number of halogens is 2. The smallest absolute Gasteiger partial charge is 0.223 e. The van der Waals surface area contributed by atoms with Crippen LogP contribution in [0.25, 0.3) is 10.6 Å². The number of hydrogen-bond acceptors (Lipinski definition) is 4. The van der Waals surface area contributed by atoms with E-state index in [1.807, 2.05) is 0 Å². The number of benzene rings is 2. The van der Waals surface area contributed by atoms with Gasteiger partial charge in [0.25, 0.3) is 0 Å². The molecule has 7 heteroatoms. The molecule has 0 aliphatic heterocycles. The zero-order valence-corrected chi connectivity index (χ0v) is 14.2. The minimum Gasteiger partial charge on any atom is -0.223 e. The maximum atomic E-state index is 12.6. The van der Waals surface area contributed by atoms with E-state index in [2.05, 4.69) is 4.98 Å². The summed E-state index contributed by atoms with van der Waals surface area (Å²) in [5.41, 5.74) is 0.769. The summed E-state index contributed by atoms with van der Waals surface area (Å²) in [6.07, 6.45) is 0. The van der Waals surface area contributed by atoms with E-state index in [1.54, 1.807) is 42.5 Å². The summed E-state index contributed by atoms with van der Waals surface area (Å²) in [5, 5.41) is 1.02. The third-order valence-corrected chi connectivity index (χ3v) is 6.45. The number of aromatic nitrogens is 1. The van der Waals surface area contributed by atoms with Gasteiger partial charge in [0.2, 0.25) is 9.84 Å². The van der Waals surface area contributed by atoms with Crippen LogP contribution in [0.5, 0.6) is 0 Å². The first-order valence-corrected chi connectivity index (χ1v) is 9.26. The molecule has 0 aliphatic carbocycles. The summed E-state index contributed by atoms with van der Waals surface area (Å²) in [4.78, 5) is 4.38. The van der Waals surface area contributed by atoms with Gasteiger partial charge in [-0.05, 0) is 24.3 Å². The molecule has 0 fully saturated rings. The zero-order chi connectivity index (χ0) is 15.7. The van der Waals surface area contributed by atoms with Crippen molar-refractivity contribution in [1.82, 2.24) is 4.98 Å². The molecule has 22 heavy (non-hydrogen) atoms. The monoisotopic (exact) mass is 369 g/mol. The second kappa shape index (κ2) is 6.01. The molecule has 3 rings (SSSR count). The predicted octanol–water partition coefficient (Wildman–Crippen LogP) is 4.95. The molecule has 0 unspecified atom stereocenters. The molecular weight excluding hydrogens is 361 g/mol. The van der Waals surface area contributed by atoms with Crippen molar-refractivity contribution >= 4 is 44.4 Å². The van der Waals surface area contributed by atoms with Crippen molar-refractivity contribution in [2.45, 2.75) is 9.92 Å². The van der Waals surface area contributed by atoms with E-state index < -0.39 is 9.84 Å². The number of sulfone groups is 1. The largest absolute Gasteiger partial charge is 0.226 e. The first-order chi connectivity index (χ1) is 10.5. The van der Waals surface area contributed by atoms with Gasteiger partial charge >= 0.3 is 0 Å². The van der Waals surface area contributed by atoms with Crippen LogP contribution in [0.4, 0.5) is 0 Å². The van der Waals surface area contributed by atoms with Crippen LogP contribution >= 0.6 is 34.5 Å². The summed E-state index contributed by atoms with van der Waals surface area (Å²) < 4.78 is 25.3. The topological polar surface area (TPSA) is 47.0 Å². The van der Waals surface area contributed by atoms with Crippen molar-refractivity contribution < 1.29 is 8.42 Å². The summed E-state index contributed by atoms with van der Waals surface area (Å²) in [6.45, 7) is 0. The van der Waals surface area contributed by atoms with Gasteiger partial charge in [0.05, 0.1) is 4.90 Å². The Morgan fingerprint density at radius 1 is 0.909 bits per heavy atom. The minimum atomic E-state index is -3.72. The molecule has 0 bridgehead atoms. The van der Waals surface area contributed by atoms with Gasteiger partial charge in [-0.25, -0.2) is 13.4 Å². The van der Waals surface area contributed by atoms with Crippen LogP contribution in [0, 0.1) is 0 Å². The number of thiazole rings is 1. The van der Waals surface area contributed by atoms with Crippen molar-refractivity contribution in [3.63, 3.8) is 0 Å². The van der Waals surface area contributed by atoms with E-state index in [4.69, 9.17) is 23.2 Å². The van der Waals surface area contributed by atoms with Gasteiger partial charge in [-0.2, -0.15) is 0 Å². The van der Waals surface area contributed by atoms with Crippen LogP contribution in [0.15, 0.2) is 64.5 Å². The molecule has 2 aromatic carbocycles. The third kappa shape index (κ3) is 2.90. The lowest BCUT2D eigenvalue weighted by Crippen LogP contribution is -2.02. The van der Waals surface area contributed by atoms with Crippen molar-refractivity contribution in [3.8, 4) is 10.6 Å². The molecule has 0 spiro atoms. The lowest BCUT2D eigenvalue weighted by Gasteiger charge is -2.01. The average molecular weight is 370 g/mol. The van der Waals surface area contributed by atoms with Gasteiger partial charge in [0.15, 0.2) is 5.03 Å². The molecule has 0 saturated carbocycles. The summed E-state index contributed by atoms with van der Waals surface area (Å²) in [5.74, 6) is 0. The number of hydrogen-bond donors (Lipinski definition) is 0. The Bertz CT molecular complexity index is 904. The van der Waals surface area contributed by atoms with Crippen LogP contribution < -0.4 is 0 Å². The quantitative estimate of drug-likeness (QED) is 0.655. The molecule has 1 heterocycles. The molecule has 0 aliphatic rings. The minimum absolute atomic E-state index is 0.115. The van der Waals surface area contributed by atoms with Crippen LogP contribution in [-0.4, -0.2) is 13.4 Å². The van der Waals surface area contributed by atoms with E-state index >= 15 is 0 Å². The second-order valence-electron chi connectivity index (χ2n) is 4.42. The van der Waals surface area contributed by atoms with Gasteiger partial charge in [-0.3, -0.25) is 0 Å². The molecule has 0 atom stereocenters. The maximum absolute atomic E-state index is 12.6. The Morgan fingerprint density at radius 3 is 2.18 bits per heavy atom. The van der Waals surface area contributed by atoms with Crippen molar-refractivity contribution in [3.05, 3.63) is 64.0 Å². The van der Waals surface area contributed by atoms with Gasteiger partial charge in [0, 0.05) is 10.6 Å². The van der Waals surface area contributed by atoms with Gasteiger partial charge < -0.3 is 0 Å². The highest BCUT2D eigenvalue weighted by molar-refractivity contribution is 7.91. The molecule has 0 saturated heterocycles. The molecule has 0 N–H and O–H groups in total. The standard InChI is InChI=1S/C15H9Cl2NO2S2/c16-11-8-6-10(7-9-11)14-18-15(13(17)21-14)22(19,20)12-4-2-1-3-5-12/h1-9H. The summed E-state index contributed by atoms with van der Waals surface area (Å²) in [6, 6.07) is 15.1. The van der Waals surface area contributed by atoms with Gasteiger partial charge in [-0.1, -0.05) is 53.5 Å². The Morgan fingerprint density at radius 2 is 1.55 bits per heavy atom. The zero-order valence-electron chi connectivity index (χ0n) is 11.0. The van der Waals surface area contributed by atoms with Crippen molar-refractivity contribution in [2.75, 3.05) is 0 Å². The Labute approximate surface area is 142 Å². The lowest BCUT2D eigenvalue weighted by molar-refractivity contribution is 0.593. The number of rotatable bonds is 3. The van der Waals surface area contributed by atoms with E-state index in [0.29, 0.717) is 10.0 Å². The van der Waals surface area contributed by atoms with E-state index in [0.717, 1.165) is 16.9 Å². The summed E-state index contributed by atoms with van der Waals surface area (Å²) in [7, 11) is -3.72. The van der Waals surface area contributed by atoms with Gasteiger partial charge in [0.1, 0.15) is 9.34 Å². The van der Waals surface area contributed by atoms with Crippen LogP contribution in [-0.2, 0) is 9.84 Å². The lowest BCUT2D eigenvalue weighted by atomic mass is 10.2. The highest BCUT2D eigenvalue weighted by atomic mass is 35.5. The normalized spacial score (nSPS) is 11.5. The molecule has 3 aromatic rings. The number of nitrogens with zero attached hydrogens (tertiary/aromatic N) is 1. The Kier molecular flexibility index (Phi) is 4.23. The molecular formula is C15H9Cl2NO2S2. The van der Waals surface area contributed by atoms with Crippen molar-refractivity contribution in [2.24, 2.45) is 0 Å². The van der Waals surface area contributed by atoms with Crippen molar-refractivity contribution in [1.29, 1.82) is 0 Å². The molecule has 3 nitrogen and oxygen atoms in total.